The van der Waals surface area contributed by atoms with E-state index in [2.05, 4.69) is 15.9 Å². The van der Waals surface area contributed by atoms with E-state index in [0.29, 0.717) is 18.4 Å². The molecule has 0 bridgehead atoms. The van der Waals surface area contributed by atoms with E-state index in [1.807, 2.05) is 18.2 Å². The molecule has 0 atom stereocenters. The molecule has 0 N–H and O–H groups in total. The zero-order chi connectivity index (χ0) is 9.68. The molecule has 3 heteroatoms. The van der Waals surface area contributed by atoms with Crippen molar-refractivity contribution in [2.24, 2.45) is 0 Å². The van der Waals surface area contributed by atoms with Gasteiger partial charge < -0.3 is 0 Å². The van der Waals surface area contributed by atoms with Gasteiger partial charge >= 0.3 is 0 Å². The molecule has 0 aliphatic carbocycles. The highest BCUT2D eigenvalue weighted by molar-refractivity contribution is 9.10. The lowest BCUT2D eigenvalue weighted by Gasteiger charge is -2.04. The second-order valence-corrected chi connectivity index (χ2v) is 3.62. The summed E-state index contributed by atoms with van der Waals surface area (Å²) in [5.41, 5.74) is 1.59. The Morgan fingerprint density at radius 2 is 2.15 bits per heavy atom. The van der Waals surface area contributed by atoms with Crippen LogP contribution in [0.5, 0.6) is 0 Å². The summed E-state index contributed by atoms with van der Waals surface area (Å²) in [4.78, 5) is 0. The smallest absolute Gasteiger partial charge is 0.115 e. The van der Waals surface area contributed by atoms with Crippen LogP contribution in [-0.2, 0) is 13.1 Å². The highest BCUT2D eigenvalue weighted by Crippen LogP contribution is 2.18. The normalized spacial score (nSPS) is 9.62. The molecule has 0 fully saturated rings. The first-order chi connectivity index (χ1) is 6.27. The van der Waals surface area contributed by atoms with Crippen molar-refractivity contribution in [3.63, 3.8) is 0 Å². The molecular formula is C10H9BrFN. The third-order valence-corrected chi connectivity index (χ3v) is 2.31. The van der Waals surface area contributed by atoms with Gasteiger partial charge in [-0.3, -0.25) is 0 Å². The standard InChI is InChI=1S/C10H9BrFN/c11-10-4-3-8(2-1-5-13)9(6-10)7-12/h3-4,6H,1-2,7H2. The van der Waals surface area contributed by atoms with Gasteiger partial charge in [0, 0.05) is 10.9 Å². The molecule has 1 aromatic carbocycles. The van der Waals surface area contributed by atoms with Crippen LogP contribution in [0.1, 0.15) is 17.5 Å². The van der Waals surface area contributed by atoms with Crippen LogP contribution >= 0.6 is 15.9 Å². The van der Waals surface area contributed by atoms with Crippen molar-refractivity contribution < 1.29 is 4.39 Å². The maximum Gasteiger partial charge on any atom is 0.115 e. The van der Waals surface area contributed by atoms with E-state index in [1.165, 1.54) is 0 Å². The number of halogens is 2. The summed E-state index contributed by atoms with van der Waals surface area (Å²) in [6.45, 7) is -0.472. The number of benzene rings is 1. The van der Waals surface area contributed by atoms with Gasteiger partial charge in [0.25, 0.3) is 0 Å². The minimum Gasteiger partial charge on any atom is -0.246 e. The van der Waals surface area contributed by atoms with Gasteiger partial charge in [0.05, 0.1) is 6.07 Å². The van der Waals surface area contributed by atoms with E-state index in [4.69, 9.17) is 5.26 Å². The number of hydrogen-bond donors (Lipinski definition) is 0. The molecule has 1 nitrogen and oxygen atoms in total. The van der Waals surface area contributed by atoms with Gasteiger partial charge in [0.2, 0.25) is 0 Å². The highest BCUT2D eigenvalue weighted by atomic mass is 79.9. The average molecular weight is 242 g/mol. The summed E-state index contributed by atoms with van der Waals surface area (Å²) < 4.78 is 13.4. The molecule has 68 valence electrons. The van der Waals surface area contributed by atoms with E-state index in [-0.39, 0.29) is 0 Å². The lowest BCUT2D eigenvalue weighted by molar-refractivity contribution is 0.482. The van der Waals surface area contributed by atoms with Crippen molar-refractivity contribution in [2.45, 2.75) is 19.5 Å². The fourth-order valence-corrected chi connectivity index (χ4v) is 1.56. The summed E-state index contributed by atoms with van der Waals surface area (Å²) in [5, 5.41) is 8.39. The predicted octanol–water partition coefficient (Wildman–Crippen LogP) is 3.37. The van der Waals surface area contributed by atoms with Crippen molar-refractivity contribution in [1.82, 2.24) is 0 Å². The largest absolute Gasteiger partial charge is 0.246 e. The molecule has 0 aliphatic rings. The Morgan fingerprint density at radius 1 is 1.38 bits per heavy atom. The SMILES string of the molecule is N#CCCc1ccc(Br)cc1CF. The minimum atomic E-state index is -0.472. The molecule has 0 amide bonds. The molecule has 1 aromatic rings. The molecule has 0 saturated carbocycles. The van der Waals surface area contributed by atoms with E-state index in [1.54, 1.807) is 6.07 Å². The summed E-state index contributed by atoms with van der Waals surface area (Å²) in [6.07, 6.45) is 1.07. The zero-order valence-electron chi connectivity index (χ0n) is 7.06. The van der Waals surface area contributed by atoms with E-state index in [9.17, 15) is 4.39 Å². The topological polar surface area (TPSA) is 23.8 Å². The first-order valence-electron chi connectivity index (χ1n) is 3.98. The van der Waals surface area contributed by atoms with Crippen LogP contribution in [-0.4, -0.2) is 0 Å². The molecule has 0 aromatic heterocycles. The number of nitriles is 1. The first-order valence-corrected chi connectivity index (χ1v) is 4.77. The Bertz CT molecular complexity index is 330. The van der Waals surface area contributed by atoms with E-state index >= 15 is 0 Å². The fourth-order valence-electron chi connectivity index (χ4n) is 1.15. The summed E-state index contributed by atoms with van der Waals surface area (Å²) in [5.74, 6) is 0. The molecule has 0 heterocycles. The van der Waals surface area contributed by atoms with E-state index in [0.717, 1.165) is 10.0 Å². The molecule has 0 saturated heterocycles. The summed E-state index contributed by atoms with van der Waals surface area (Å²) >= 11 is 3.27. The van der Waals surface area contributed by atoms with Gasteiger partial charge in [-0.15, -0.1) is 0 Å². The molecular weight excluding hydrogens is 233 g/mol. The number of alkyl halides is 1. The van der Waals surface area contributed by atoms with Crippen molar-refractivity contribution in [2.75, 3.05) is 0 Å². The summed E-state index contributed by atoms with van der Waals surface area (Å²) in [6, 6.07) is 7.53. The maximum atomic E-state index is 12.5. The van der Waals surface area contributed by atoms with Gasteiger partial charge in [0.1, 0.15) is 6.67 Å². The van der Waals surface area contributed by atoms with Crippen molar-refractivity contribution in [3.05, 3.63) is 33.8 Å². The molecule has 0 aliphatic heterocycles. The van der Waals surface area contributed by atoms with Crippen LogP contribution in [0, 0.1) is 11.3 Å². The molecule has 13 heavy (non-hydrogen) atoms. The number of rotatable bonds is 3. The van der Waals surface area contributed by atoms with E-state index < -0.39 is 6.67 Å². The van der Waals surface area contributed by atoms with Crippen LogP contribution in [0.3, 0.4) is 0 Å². The second-order valence-electron chi connectivity index (χ2n) is 2.70. The van der Waals surface area contributed by atoms with Crippen LogP contribution in [0.4, 0.5) is 4.39 Å². The van der Waals surface area contributed by atoms with Crippen LogP contribution in [0.25, 0.3) is 0 Å². The monoisotopic (exact) mass is 241 g/mol. The quantitative estimate of drug-likeness (QED) is 0.797. The second kappa shape index (κ2) is 4.98. The van der Waals surface area contributed by atoms with Crippen molar-refractivity contribution in [1.29, 1.82) is 5.26 Å². The average Bonchev–Trinajstić information content (AvgIpc) is 2.16. The zero-order valence-corrected chi connectivity index (χ0v) is 8.64. The van der Waals surface area contributed by atoms with Crippen molar-refractivity contribution in [3.8, 4) is 6.07 Å². The molecule has 0 spiro atoms. The minimum absolute atomic E-state index is 0.439. The van der Waals surface area contributed by atoms with Crippen LogP contribution < -0.4 is 0 Å². The third-order valence-electron chi connectivity index (χ3n) is 1.82. The molecule has 0 radical (unpaired) electrons. The Kier molecular flexibility index (Phi) is 3.91. The van der Waals surface area contributed by atoms with Crippen LogP contribution in [0.15, 0.2) is 22.7 Å². The van der Waals surface area contributed by atoms with Gasteiger partial charge in [-0.25, -0.2) is 4.39 Å². The Hall–Kier alpha value is -0.880. The summed E-state index contributed by atoms with van der Waals surface area (Å²) in [7, 11) is 0. The third kappa shape index (κ3) is 2.82. The van der Waals surface area contributed by atoms with Gasteiger partial charge in [-0.1, -0.05) is 22.0 Å². The van der Waals surface area contributed by atoms with Gasteiger partial charge in [0.15, 0.2) is 0 Å². The maximum absolute atomic E-state index is 12.5. The Balaban J connectivity index is 2.87. The fraction of sp³-hybridized carbons (Fsp3) is 0.300. The molecule has 0 unspecified atom stereocenters. The lowest BCUT2D eigenvalue weighted by atomic mass is 10.0. The lowest BCUT2D eigenvalue weighted by Crippen LogP contribution is -1.91. The number of aryl methyl sites for hydroxylation is 1. The number of hydrogen-bond acceptors (Lipinski definition) is 1. The Morgan fingerprint density at radius 3 is 2.77 bits per heavy atom. The predicted molar refractivity (Wildman–Crippen MR) is 52.9 cm³/mol. The molecule has 1 rings (SSSR count). The van der Waals surface area contributed by atoms with Crippen LogP contribution in [0.2, 0.25) is 0 Å². The first kappa shape index (κ1) is 10.2. The number of nitrogens with zero attached hydrogens (tertiary/aromatic N) is 1. The highest BCUT2D eigenvalue weighted by Gasteiger charge is 2.02. The van der Waals surface area contributed by atoms with Gasteiger partial charge in [-0.05, 0) is 29.7 Å². The Labute approximate surface area is 85.3 Å². The van der Waals surface area contributed by atoms with Crippen molar-refractivity contribution >= 4 is 15.9 Å². The van der Waals surface area contributed by atoms with Gasteiger partial charge in [-0.2, -0.15) is 5.26 Å².